The third-order valence-corrected chi connectivity index (χ3v) is 3.21. The van der Waals surface area contributed by atoms with E-state index in [1.165, 1.54) is 0 Å². The van der Waals surface area contributed by atoms with E-state index >= 15 is 0 Å². The van der Waals surface area contributed by atoms with Gasteiger partial charge >= 0.3 is 0 Å². The molecule has 3 heterocycles. The van der Waals surface area contributed by atoms with Gasteiger partial charge in [-0.25, -0.2) is 9.97 Å². The van der Waals surface area contributed by atoms with E-state index < -0.39 is 0 Å². The van der Waals surface area contributed by atoms with Crippen LogP contribution < -0.4 is 0 Å². The smallest absolute Gasteiger partial charge is 0.223 e. The van der Waals surface area contributed by atoms with E-state index in [2.05, 4.69) is 20.1 Å². The fourth-order valence-corrected chi connectivity index (χ4v) is 2.32. The number of pyridine rings is 1. The Balaban J connectivity index is 1.94. The first-order valence-electron chi connectivity index (χ1n) is 6.39. The van der Waals surface area contributed by atoms with E-state index in [-0.39, 0.29) is 5.38 Å². The molecular formula is C13H14ClN5O. The van der Waals surface area contributed by atoms with E-state index in [0.29, 0.717) is 24.7 Å². The summed E-state index contributed by atoms with van der Waals surface area (Å²) in [5.74, 6) is 2.05. The molecule has 0 saturated heterocycles. The molecule has 0 spiro atoms. The van der Waals surface area contributed by atoms with Gasteiger partial charge in [-0.1, -0.05) is 5.16 Å². The third kappa shape index (κ3) is 2.38. The highest BCUT2D eigenvalue weighted by molar-refractivity contribution is 6.20. The summed E-state index contributed by atoms with van der Waals surface area (Å²) in [6.45, 7) is 4.34. The lowest BCUT2D eigenvalue weighted by Crippen LogP contribution is -2.08. The highest BCUT2D eigenvalue weighted by atomic mass is 35.5. The number of aromatic nitrogens is 5. The van der Waals surface area contributed by atoms with Crippen LogP contribution in [0.5, 0.6) is 0 Å². The minimum absolute atomic E-state index is 0.184. The molecule has 0 N–H and O–H groups in total. The van der Waals surface area contributed by atoms with Crippen LogP contribution in [0.3, 0.4) is 0 Å². The van der Waals surface area contributed by atoms with Gasteiger partial charge in [0.25, 0.3) is 0 Å². The van der Waals surface area contributed by atoms with Crippen LogP contribution in [0.15, 0.2) is 22.9 Å². The highest BCUT2D eigenvalue weighted by Crippen LogP contribution is 2.23. The number of aryl methyl sites for hydroxylation is 3. The summed E-state index contributed by atoms with van der Waals surface area (Å²) in [6.07, 6.45) is 2.40. The number of nitrogens with zero attached hydrogens (tertiary/aromatic N) is 5. The monoisotopic (exact) mass is 291 g/mol. The Morgan fingerprint density at radius 1 is 1.40 bits per heavy atom. The summed E-state index contributed by atoms with van der Waals surface area (Å²) >= 11 is 6.20. The van der Waals surface area contributed by atoms with Gasteiger partial charge in [0, 0.05) is 26.1 Å². The second kappa shape index (κ2) is 5.20. The van der Waals surface area contributed by atoms with Crippen LogP contribution in [0, 0.1) is 6.92 Å². The lowest BCUT2D eigenvalue weighted by molar-refractivity contribution is 0.386. The zero-order valence-electron chi connectivity index (χ0n) is 11.2. The van der Waals surface area contributed by atoms with Gasteiger partial charge < -0.3 is 9.09 Å². The SMILES string of the molecule is Cc1nc(CCn2c(C(C)Cl)nc3cccnc32)no1. The maximum absolute atomic E-state index is 6.20. The largest absolute Gasteiger partial charge is 0.340 e. The molecule has 20 heavy (non-hydrogen) atoms. The molecule has 0 aromatic carbocycles. The van der Waals surface area contributed by atoms with Crippen LogP contribution in [0.4, 0.5) is 0 Å². The minimum atomic E-state index is -0.184. The van der Waals surface area contributed by atoms with Crippen LogP contribution in [0.1, 0.15) is 29.8 Å². The van der Waals surface area contributed by atoms with Crippen molar-refractivity contribution in [2.75, 3.05) is 0 Å². The van der Waals surface area contributed by atoms with E-state index in [9.17, 15) is 0 Å². The molecule has 3 aromatic rings. The average Bonchev–Trinajstić information content (AvgIpc) is 3.00. The van der Waals surface area contributed by atoms with Gasteiger partial charge in [-0.2, -0.15) is 4.98 Å². The first-order valence-corrected chi connectivity index (χ1v) is 6.83. The van der Waals surface area contributed by atoms with Gasteiger partial charge in [0.15, 0.2) is 11.5 Å². The molecule has 0 bridgehead atoms. The van der Waals surface area contributed by atoms with Crippen LogP contribution in [-0.4, -0.2) is 24.7 Å². The van der Waals surface area contributed by atoms with Gasteiger partial charge in [-0.05, 0) is 19.1 Å². The van der Waals surface area contributed by atoms with Crippen molar-refractivity contribution in [2.45, 2.75) is 32.2 Å². The maximum atomic E-state index is 6.20. The molecule has 6 nitrogen and oxygen atoms in total. The molecular weight excluding hydrogens is 278 g/mol. The summed E-state index contributed by atoms with van der Waals surface area (Å²) in [5.41, 5.74) is 1.68. The van der Waals surface area contributed by atoms with Gasteiger partial charge in [-0.15, -0.1) is 11.6 Å². The third-order valence-electron chi connectivity index (χ3n) is 3.02. The van der Waals surface area contributed by atoms with Gasteiger partial charge in [0.1, 0.15) is 11.3 Å². The Morgan fingerprint density at radius 2 is 2.25 bits per heavy atom. The molecule has 0 radical (unpaired) electrons. The van der Waals surface area contributed by atoms with Crippen molar-refractivity contribution in [3.05, 3.63) is 35.9 Å². The fraction of sp³-hybridized carbons (Fsp3) is 0.385. The van der Waals surface area contributed by atoms with Crippen LogP contribution in [0.2, 0.25) is 0 Å². The molecule has 3 rings (SSSR count). The van der Waals surface area contributed by atoms with Gasteiger partial charge in [-0.3, -0.25) is 0 Å². The molecule has 0 aliphatic carbocycles. The summed E-state index contributed by atoms with van der Waals surface area (Å²) in [5, 5.41) is 3.71. The van der Waals surface area contributed by atoms with Crippen LogP contribution in [-0.2, 0) is 13.0 Å². The molecule has 104 valence electrons. The Bertz CT molecular complexity index is 733. The molecule has 1 unspecified atom stereocenters. The lowest BCUT2D eigenvalue weighted by atomic mass is 10.3. The zero-order chi connectivity index (χ0) is 14.1. The number of hydrogen-bond acceptors (Lipinski definition) is 5. The second-order valence-electron chi connectivity index (χ2n) is 4.56. The molecule has 0 aliphatic heterocycles. The second-order valence-corrected chi connectivity index (χ2v) is 5.22. The Morgan fingerprint density at radius 3 is 2.95 bits per heavy atom. The van der Waals surface area contributed by atoms with Crippen molar-refractivity contribution in [1.82, 2.24) is 24.7 Å². The van der Waals surface area contributed by atoms with Crippen molar-refractivity contribution >= 4 is 22.8 Å². The molecule has 0 aliphatic rings. The molecule has 0 fully saturated rings. The highest BCUT2D eigenvalue weighted by Gasteiger charge is 2.16. The van der Waals surface area contributed by atoms with Crippen molar-refractivity contribution in [3.8, 4) is 0 Å². The first kappa shape index (κ1) is 13.1. The van der Waals surface area contributed by atoms with Gasteiger partial charge in [0.05, 0.1) is 5.38 Å². The number of imidazole rings is 1. The predicted molar refractivity (Wildman–Crippen MR) is 74.5 cm³/mol. The molecule has 0 saturated carbocycles. The molecule has 1 atom stereocenters. The van der Waals surface area contributed by atoms with Crippen molar-refractivity contribution in [3.63, 3.8) is 0 Å². The number of rotatable bonds is 4. The van der Waals surface area contributed by atoms with Gasteiger partial charge in [0.2, 0.25) is 5.89 Å². The Labute approximate surface area is 120 Å². The molecule has 0 amide bonds. The van der Waals surface area contributed by atoms with Crippen LogP contribution >= 0.6 is 11.6 Å². The van der Waals surface area contributed by atoms with E-state index in [0.717, 1.165) is 17.0 Å². The Kier molecular flexibility index (Phi) is 3.40. The molecule has 7 heteroatoms. The fourth-order valence-electron chi connectivity index (χ4n) is 2.15. The zero-order valence-corrected chi connectivity index (χ0v) is 12.0. The minimum Gasteiger partial charge on any atom is -0.340 e. The molecule has 3 aromatic heterocycles. The summed E-state index contributed by atoms with van der Waals surface area (Å²) in [6, 6.07) is 3.80. The van der Waals surface area contributed by atoms with Crippen molar-refractivity contribution in [2.24, 2.45) is 0 Å². The number of halogens is 1. The predicted octanol–water partition coefficient (Wildman–Crippen LogP) is 2.67. The van der Waals surface area contributed by atoms with E-state index in [4.69, 9.17) is 16.1 Å². The lowest BCUT2D eigenvalue weighted by Gasteiger charge is -2.08. The first-order chi connectivity index (χ1) is 9.65. The summed E-state index contributed by atoms with van der Waals surface area (Å²) < 4.78 is 6.98. The summed E-state index contributed by atoms with van der Waals surface area (Å²) in [4.78, 5) is 13.1. The quantitative estimate of drug-likeness (QED) is 0.691. The standard InChI is InChI=1S/C13H14ClN5O/c1-8(14)12-17-10-4-3-6-15-13(10)19(12)7-5-11-16-9(2)20-18-11/h3-4,6,8H,5,7H2,1-2H3. The summed E-state index contributed by atoms with van der Waals surface area (Å²) in [7, 11) is 0. The number of alkyl halides is 1. The maximum Gasteiger partial charge on any atom is 0.223 e. The Hall–Kier alpha value is -1.95. The number of fused-ring (bicyclic) bond motifs is 1. The average molecular weight is 292 g/mol. The normalized spacial score (nSPS) is 12.9. The van der Waals surface area contributed by atoms with Crippen LogP contribution in [0.25, 0.3) is 11.2 Å². The van der Waals surface area contributed by atoms with E-state index in [1.54, 1.807) is 13.1 Å². The topological polar surface area (TPSA) is 69.6 Å². The van der Waals surface area contributed by atoms with E-state index in [1.807, 2.05) is 23.6 Å². The number of hydrogen-bond donors (Lipinski definition) is 0. The van der Waals surface area contributed by atoms with Crippen molar-refractivity contribution in [1.29, 1.82) is 0 Å². The van der Waals surface area contributed by atoms with Crippen molar-refractivity contribution < 1.29 is 4.52 Å².